The van der Waals surface area contributed by atoms with Crippen LogP contribution in [0.1, 0.15) is 5.56 Å². The van der Waals surface area contributed by atoms with Crippen molar-refractivity contribution in [3.8, 4) is 0 Å². The van der Waals surface area contributed by atoms with E-state index in [1.807, 2.05) is 6.92 Å². The molecule has 0 saturated carbocycles. The maximum atomic E-state index is 6.73. The molecule has 5 heteroatoms. The Morgan fingerprint density at radius 1 is 1.15 bits per heavy atom. The lowest BCUT2D eigenvalue weighted by atomic mass is 10.2. The fourth-order valence-electron chi connectivity index (χ4n) is 0.722. The van der Waals surface area contributed by atoms with Crippen molar-refractivity contribution in [3.63, 3.8) is 0 Å². The SMILES string of the molecule is [C-]#[N+]c1ccc(C)c(Cl)c1Cl.[Cl-].[Cl-]. The molecule has 0 unspecified atom stereocenters. The van der Waals surface area contributed by atoms with Gasteiger partial charge in [-0.3, -0.25) is 0 Å². The third kappa shape index (κ3) is 3.25. The third-order valence-electron chi connectivity index (χ3n) is 1.38. The summed E-state index contributed by atoms with van der Waals surface area (Å²) in [7, 11) is 0. The first-order valence-electron chi connectivity index (χ1n) is 2.99. The molecule has 13 heavy (non-hydrogen) atoms. The van der Waals surface area contributed by atoms with E-state index >= 15 is 0 Å². The van der Waals surface area contributed by atoms with Crippen molar-refractivity contribution in [2.45, 2.75) is 6.92 Å². The zero-order chi connectivity index (χ0) is 8.43. The van der Waals surface area contributed by atoms with E-state index in [0.29, 0.717) is 15.7 Å². The van der Waals surface area contributed by atoms with Crippen molar-refractivity contribution >= 4 is 28.9 Å². The monoisotopic (exact) mass is 255 g/mol. The molecule has 0 saturated heterocycles. The van der Waals surface area contributed by atoms with Gasteiger partial charge in [0.15, 0.2) is 0 Å². The highest BCUT2D eigenvalue weighted by Gasteiger charge is 2.05. The van der Waals surface area contributed by atoms with Crippen LogP contribution in [0.5, 0.6) is 0 Å². The van der Waals surface area contributed by atoms with E-state index in [1.54, 1.807) is 12.1 Å². The van der Waals surface area contributed by atoms with Gasteiger partial charge in [-0.05, 0) is 12.5 Å². The molecule has 0 aromatic heterocycles. The highest BCUT2D eigenvalue weighted by molar-refractivity contribution is 6.44. The van der Waals surface area contributed by atoms with E-state index in [1.165, 1.54) is 0 Å². The van der Waals surface area contributed by atoms with E-state index in [-0.39, 0.29) is 24.8 Å². The van der Waals surface area contributed by atoms with Crippen LogP contribution in [0.3, 0.4) is 0 Å². The minimum Gasteiger partial charge on any atom is -1.00 e. The molecule has 0 aliphatic carbocycles. The lowest BCUT2D eigenvalue weighted by molar-refractivity contribution is -0.001000. The molecule has 0 spiro atoms. The van der Waals surface area contributed by atoms with Crippen molar-refractivity contribution in [2.24, 2.45) is 0 Å². The molecule has 1 aromatic carbocycles. The number of hydrogen-bond acceptors (Lipinski definition) is 0. The van der Waals surface area contributed by atoms with Gasteiger partial charge >= 0.3 is 0 Å². The molecule has 0 amide bonds. The van der Waals surface area contributed by atoms with Gasteiger partial charge in [-0.1, -0.05) is 35.3 Å². The summed E-state index contributed by atoms with van der Waals surface area (Å²) in [5.41, 5.74) is 1.30. The Hall–Kier alpha value is -0.130. The topological polar surface area (TPSA) is 4.36 Å². The van der Waals surface area contributed by atoms with Crippen LogP contribution in [0.2, 0.25) is 10.0 Å². The zero-order valence-electron chi connectivity index (χ0n) is 6.61. The van der Waals surface area contributed by atoms with Gasteiger partial charge in [0.05, 0.1) is 16.6 Å². The predicted octanol–water partition coefficient (Wildman–Crippen LogP) is -2.14. The normalized spacial score (nSPS) is 7.85. The van der Waals surface area contributed by atoms with Gasteiger partial charge in [-0.15, -0.1) is 0 Å². The van der Waals surface area contributed by atoms with Crippen molar-refractivity contribution in [3.05, 3.63) is 39.2 Å². The van der Waals surface area contributed by atoms with E-state index in [2.05, 4.69) is 4.85 Å². The quantitative estimate of drug-likeness (QED) is 0.467. The summed E-state index contributed by atoms with van der Waals surface area (Å²) in [6.07, 6.45) is 0. The largest absolute Gasteiger partial charge is 1.00 e. The van der Waals surface area contributed by atoms with E-state index in [0.717, 1.165) is 5.56 Å². The van der Waals surface area contributed by atoms with Gasteiger partial charge in [0.2, 0.25) is 5.69 Å². The Morgan fingerprint density at radius 2 is 1.69 bits per heavy atom. The first kappa shape index (κ1) is 15.3. The minimum atomic E-state index is 0. The molecule has 0 bridgehead atoms. The Kier molecular flexibility index (Phi) is 7.49. The molecule has 72 valence electrons. The average molecular weight is 257 g/mol. The summed E-state index contributed by atoms with van der Waals surface area (Å²) in [5, 5.41) is 0.821. The second kappa shape index (κ2) is 6.34. The van der Waals surface area contributed by atoms with Crippen LogP contribution in [0, 0.1) is 13.5 Å². The fraction of sp³-hybridized carbons (Fsp3) is 0.125. The fourth-order valence-corrected chi connectivity index (χ4v) is 1.14. The molecular formula is C8H5Cl4N-2. The molecule has 1 nitrogen and oxygen atoms in total. The third-order valence-corrected chi connectivity index (χ3v) is 2.34. The van der Waals surface area contributed by atoms with Crippen LogP contribution in [-0.4, -0.2) is 0 Å². The first-order chi connectivity index (χ1) is 5.16. The van der Waals surface area contributed by atoms with Gasteiger partial charge in [-0.25, -0.2) is 4.85 Å². The maximum absolute atomic E-state index is 6.73. The number of hydrogen-bond donors (Lipinski definition) is 0. The van der Waals surface area contributed by atoms with Crippen molar-refractivity contribution in [1.29, 1.82) is 0 Å². The second-order valence-electron chi connectivity index (χ2n) is 2.14. The minimum absolute atomic E-state index is 0. The van der Waals surface area contributed by atoms with Crippen LogP contribution in [0.15, 0.2) is 12.1 Å². The molecule has 0 heterocycles. The van der Waals surface area contributed by atoms with Gasteiger partial charge in [-0.2, -0.15) is 0 Å². The molecular weight excluding hydrogens is 252 g/mol. The number of rotatable bonds is 0. The van der Waals surface area contributed by atoms with Gasteiger partial charge in [0, 0.05) is 0 Å². The Morgan fingerprint density at radius 3 is 2.15 bits per heavy atom. The lowest BCUT2D eigenvalue weighted by Gasteiger charge is -2.00. The Bertz CT molecular complexity index is 330. The van der Waals surface area contributed by atoms with Crippen LogP contribution in [0.4, 0.5) is 5.69 Å². The van der Waals surface area contributed by atoms with Crippen LogP contribution < -0.4 is 24.8 Å². The molecule has 0 fully saturated rings. The van der Waals surface area contributed by atoms with Gasteiger partial charge in [0.25, 0.3) is 0 Å². The molecule has 0 N–H and O–H groups in total. The predicted molar refractivity (Wildman–Crippen MR) is 47.5 cm³/mol. The van der Waals surface area contributed by atoms with Crippen LogP contribution >= 0.6 is 23.2 Å². The standard InChI is InChI=1S/C8H5Cl2N.2ClH/c1-5-3-4-6(11-2)8(10)7(5)9;;/h3-4H,1H3;2*1H/p-2. The Labute approximate surface area is 99.7 Å². The first-order valence-corrected chi connectivity index (χ1v) is 3.74. The number of halogens is 4. The van der Waals surface area contributed by atoms with E-state index < -0.39 is 0 Å². The van der Waals surface area contributed by atoms with Gasteiger partial charge in [0.1, 0.15) is 0 Å². The molecule has 1 aromatic rings. The summed E-state index contributed by atoms with van der Waals surface area (Å²) < 4.78 is 0. The van der Waals surface area contributed by atoms with E-state index in [9.17, 15) is 0 Å². The van der Waals surface area contributed by atoms with Crippen LogP contribution in [-0.2, 0) is 0 Å². The molecule has 0 atom stereocenters. The molecule has 1 rings (SSSR count). The average Bonchev–Trinajstić information content (AvgIpc) is 2.01. The summed E-state index contributed by atoms with van der Waals surface area (Å²) in [4.78, 5) is 3.21. The van der Waals surface area contributed by atoms with Crippen molar-refractivity contribution in [2.75, 3.05) is 0 Å². The second-order valence-corrected chi connectivity index (χ2v) is 2.90. The summed E-state index contributed by atoms with van der Waals surface area (Å²) in [6.45, 7) is 8.58. The number of aryl methyl sites for hydroxylation is 1. The van der Waals surface area contributed by atoms with Crippen molar-refractivity contribution < 1.29 is 24.8 Å². The zero-order valence-corrected chi connectivity index (χ0v) is 9.64. The summed E-state index contributed by atoms with van der Waals surface area (Å²) >= 11 is 11.5. The molecule has 0 aliphatic heterocycles. The van der Waals surface area contributed by atoms with E-state index in [4.69, 9.17) is 29.8 Å². The summed E-state index contributed by atoms with van der Waals surface area (Å²) in [5.74, 6) is 0. The van der Waals surface area contributed by atoms with Crippen LogP contribution in [0.25, 0.3) is 4.85 Å². The van der Waals surface area contributed by atoms with Gasteiger partial charge < -0.3 is 24.8 Å². The number of nitrogens with zero attached hydrogens (tertiary/aromatic N) is 1. The highest BCUT2D eigenvalue weighted by atomic mass is 35.5. The van der Waals surface area contributed by atoms with Crippen molar-refractivity contribution in [1.82, 2.24) is 0 Å². The maximum Gasteiger partial charge on any atom is 0.206 e. The molecule has 0 aliphatic rings. The number of benzene rings is 1. The lowest BCUT2D eigenvalue weighted by Crippen LogP contribution is -3.00. The highest BCUT2D eigenvalue weighted by Crippen LogP contribution is 2.34. The Balaban J connectivity index is 0. The molecule has 0 radical (unpaired) electrons. The summed E-state index contributed by atoms with van der Waals surface area (Å²) in [6, 6.07) is 3.44. The smallest absolute Gasteiger partial charge is 0.206 e.